The summed E-state index contributed by atoms with van der Waals surface area (Å²) >= 11 is 0. The van der Waals surface area contributed by atoms with Crippen LogP contribution in [0.5, 0.6) is 0 Å². The lowest BCUT2D eigenvalue weighted by Gasteiger charge is -2.76. The Kier molecular flexibility index (Phi) is 11.9. The maximum Gasteiger partial charge on any atom is 0.338 e. The molecular weight excluding hydrogens is 819 g/mol. The number of ether oxygens (including phenoxy) is 5. The summed E-state index contributed by atoms with van der Waals surface area (Å²) < 4.78 is 32.3. The summed E-state index contributed by atoms with van der Waals surface area (Å²) in [7, 11) is 0. The number of aliphatic hydroxyl groups excluding tert-OH is 2. The van der Waals surface area contributed by atoms with Gasteiger partial charge in [0.25, 0.3) is 5.91 Å². The number of amides is 1. The van der Waals surface area contributed by atoms with Crippen LogP contribution >= 0.6 is 0 Å². The molecule has 4 aliphatic rings. The molecule has 2 bridgehead atoms. The van der Waals surface area contributed by atoms with Crippen LogP contribution in [-0.2, 0) is 33.3 Å². The number of carbonyl (C=O) groups excluding carboxylic acids is 4. The van der Waals surface area contributed by atoms with E-state index in [2.05, 4.69) is 18.5 Å². The zero-order valence-electron chi connectivity index (χ0n) is 37.7. The number of carbonyl (C=O) groups is 4. The summed E-state index contributed by atoms with van der Waals surface area (Å²) in [6.45, 7) is 21.8. The van der Waals surface area contributed by atoms with Gasteiger partial charge in [0.2, 0.25) is 0 Å². The molecule has 0 spiro atoms. The van der Waals surface area contributed by atoms with Crippen LogP contribution in [0.4, 0.5) is 0 Å². The Morgan fingerprint density at radius 1 is 0.828 bits per heavy atom. The lowest BCUT2D eigenvalue weighted by Crippen LogP contribution is -2.88. The standard InChI is InChI=1S/C51H59NO12/c1-29(2)61-41-31(4)48(9)37(54)27-47(8)51(28-60-47,64-32(5)53)49(48,10)45(63-43(57)35-24-18-13-19-25-35)50(59)26-36(30(3)38(41)46(50,6)7)62-44(58)40(55)39(33-20-14-11-15-21-33)52-42(56)34-22-16-12-17-23-34/h11-25,36-37,39-41,45,54-55,59H,1,4,26-28H2,2-3,5-10H3,(H,52,56)/t36-,37-,39-,40+,41-,45-,47-,48+,49?,50+,51-/m0/s1. The quantitative estimate of drug-likeness (QED) is 0.0711. The first-order valence-corrected chi connectivity index (χ1v) is 21.5. The Morgan fingerprint density at radius 3 is 1.92 bits per heavy atom. The van der Waals surface area contributed by atoms with E-state index in [1.165, 1.54) is 6.92 Å². The number of fused-ring (bicyclic) bond motifs is 5. The van der Waals surface area contributed by atoms with Gasteiger partial charge >= 0.3 is 17.9 Å². The van der Waals surface area contributed by atoms with E-state index >= 15 is 0 Å². The average Bonchev–Trinajstić information content (AvgIpc) is 3.26. The fourth-order valence-corrected chi connectivity index (χ4v) is 11.3. The summed E-state index contributed by atoms with van der Waals surface area (Å²) in [4.78, 5) is 56.0. The predicted octanol–water partition coefficient (Wildman–Crippen LogP) is 6.49. The van der Waals surface area contributed by atoms with Crippen molar-refractivity contribution in [1.82, 2.24) is 5.32 Å². The van der Waals surface area contributed by atoms with Crippen molar-refractivity contribution in [3.05, 3.63) is 143 Å². The van der Waals surface area contributed by atoms with Crippen LogP contribution in [0, 0.1) is 16.2 Å². The van der Waals surface area contributed by atoms with Gasteiger partial charge in [0, 0.05) is 36.2 Å². The highest BCUT2D eigenvalue weighted by Gasteiger charge is 2.85. The second-order valence-corrected chi connectivity index (χ2v) is 18.9. The van der Waals surface area contributed by atoms with E-state index in [0.717, 1.165) is 0 Å². The molecule has 11 atom stereocenters. The van der Waals surface area contributed by atoms with Crippen molar-refractivity contribution in [2.45, 2.75) is 122 Å². The molecule has 3 aromatic carbocycles. The van der Waals surface area contributed by atoms with Crippen molar-refractivity contribution in [2.24, 2.45) is 16.2 Å². The lowest BCUT2D eigenvalue weighted by atomic mass is 9.36. The van der Waals surface area contributed by atoms with Crippen LogP contribution < -0.4 is 5.32 Å². The van der Waals surface area contributed by atoms with Crippen molar-refractivity contribution in [3.8, 4) is 0 Å². The lowest BCUT2D eigenvalue weighted by molar-refractivity contribution is -0.416. The maximum absolute atomic E-state index is 14.6. The summed E-state index contributed by atoms with van der Waals surface area (Å²) in [5, 5.41) is 41.4. The highest BCUT2D eigenvalue weighted by molar-refractivity contribution is 5.95. The third-order valence-electron chi connectivity index (χ3n) is 15.1. The molecule has 3 aliphatic carbocycles. The number of hydrogen-bond donors (Lipinski definition) is 4. The molecule has 1 unspecified atom stereocenters. The van der Waals surface area contributed by atoms with Gasteiger partial charge < -0.3 is 44.3 Å². The van der Waals surface area contributed by atoms with Gasteiger partial charge in [0.05, 0.1) is 35.5 Å². The highest BCUT2D eigenvalue weighted by Crippen LogP contribution is 2.74. The zero-order chi connectivity index (χ0) is 46.8. The van der Waals surface area contributed by atoms with Gasteiger partial charge in [-0.3, -0.25) is 9.59 Å². The van der Waals surface area contributed by atoms with Gasteiger partial charge in [-0.25, -0.2) is 9.59 Å². The van der Waals surface area contributed by atoms with E-state index in [-0.39, 0.29) is 29.9 Å². The molecule has 340 valence electrons. The largest absolute Gasteiger partial charge is 0.487 e. The van der Waals surface area contributed by atoms with E-state index in [1.54, 1.807) is 139 Å². The number of rotatable bonds is 11. The second kappa shape index (κ2) is 16.4. The first-order chi connectivity index (χ1) is 30.0. The minimum absolute atomic E-state index is 0.0358. The highest BCUT2D eigenvalue weighted by atomic mass is 16.6. The first-order valence-electron chi connectivity index (χ1n) is 21.5. The van der Waals surface area contributed by atoms with E-state index in [9.17, 15) is 34.5 Å². The molecule has 1 amide bonds. The van der Waals surface area contributed by atoms with Crippen LogP contribution in [0.1, 0.15) is 101 Å². The van der Waals surface area contributed by atoms with Gasteiger partial charge in [0.15, 0.2) is 11.7 Å². The Morgan fingerprint density at radius 2 is 1.39 bits per heavy atom. The molecule has 3 aromatic rings. The molecule has 64 heavy (non-hydrogen) atoms. The molecule has 2 saturated carbocycles. The monoisotopic (exact) mass is 877 g/mol. The molecule has 1 aliphatic heterocycles. The molecule has 13 nitrogen and oxygen atoms in total. The number of allylic oxidation sites excluding steroid dienone is 1. The topological polar surface area (TPSA) is 187 Å². The van der Waals surface area contributed by atoms with Crippen molar-refractivity contribution in [1.29, 1.82) is 0 Å². The number of benzene rings is 3. The average molecular weight is 878 g/mol. The molecule has 0 radical (unpaired) electrons. The van der Waals surface area contributed by atoms with E-state index in [1.807, 2.05) is 0 Å². The Bertz CT molecular complexity index is 2380. The van der Waals surface area contributed by atoms with E-state index in [0.29, 0.717) is 22.3 Å². The molecular formula is C51H59NO12. The van der Waals surface area contributed by atoms with Crippen LogP contribution in [0.25, 0.3) is 0 Å². The van der Waals surface area contributed by atoms with E-state index in [4.69, 9.17) is 23.7 Å². The van der Waals surface area contributed by atoms with Gasteiger partial charge in [-0.1, -0.05) is 108 Å². The molecule has 0 aromatic heterocycles. The Labute approximate surface area is 374 Å². The number of nitrogens with one attached hydrogen (secondary N) is 1. The zero-order valence-corrected chi connectivity index (χ0v) is 37.7. The third-order valence-corrected chi connectivity index (χ3v) is 15.1. The molecule has 1 saturated heterocycles. The summed E-state index contributed by atoms with van der Waals surface area (Å²) in [5.41, 5.74) is -8.09. The van der Waals surface area contributed by atoms with E-state index < -0.39 is 99.8 Å². The number of hydrogen-bond acceptors (Lipinski definition) is 12. The van der Waals surface area contributed by atoms with Crippen LogP contribution in [0.3, 0.4) is 0 Å². The Balaban J connectivity index is 1.43. The normalized spacial score (nSPS) is 33.6. The van der Waals surface area contributed by atoms with Crippen molar-refractivity contribution in [3.63, 3.8) is 0 Å². The maximum atomic E-state index is 14.6. The minimum atomic E-state index is -2.25. The first kappa shape index (κ1) is 46.4. The van der Waals surface area contributed by atoms with Gasteiger partial charge in [-0.15, -0.1) is 0 Å². The summed E-state index contributed by atoms with van der Waals surface area (Å²) in [6.07, 6.45) is -7.87. The third kappa shape index (κ3) is 6.90. The second-order valence-electron chi connectivity index (χ2n) is 18.9. The van der Waals surface area contributed by atoms with Gasteiger partial charge in [-0.05, 0) is 67.3 Å². The predicted molar refractivity (Wildman–Crippen MR) is 235 cm³/mol. The summed E-state index contributed by atoms with van der Waals surface area (Å²) in [5.74, 6) is -2.91. The number of aliphatic hydroxyl groups is 3. The smallest absolute Gasteiger partial charge is 0.338 e. The van der Waals surface area contributed by atoms with Crippen LogP contribution in [-0.4, -0.2) is 93.1 Å². The fourth-order valence-electron chi connectivity index (χ4n) is 11.3. The van der Waals surface area contributed by atoms with Crippen molar-refractivity contribution < 1.29 is 58.2 Å². The number of esters is 3. The summed E-state index contributed by atoms with van der Waals surface area (Å²) in [6, 6.07) is 23.8. The Hall–Kier alpha value is -5.60. The molecule has 13 heteroatoms. The SMILES string of the molecule is C=C(C)O[C@H]1C(=C)[C@]2(C)[C@@H](O)C[C@]3(C)OC[C@@]3(OC(C)=O)C2(C)[C@H](OC(=O)c2ccccc2)[C@]2(O)C[C@H](OC(=O)[C@H](O)[C@@H](NC(=O)c3ccccc3)c3ccccc3)C(C)=C1C2(C)C. The van der Waals surface area contributed by atoms with Crippen LogP contribution in [0.2, 0.25) is 0 Å². The van der Waals surface area contributed by atoms with Gasteiger partial charge in [0.1, 0.15) is 29.5 Å². The molecule has 1 heterocycles. The molecule has 4 N–H and O–H groups in total. The minimum Gasteiger partial charge on any atom is -0.487 e. The van der Waals surface area contributed by atoms with Gasteiger partial charge in [-0.2, -0.15) is 0 Å². The van der Waals surface area contributed by atoms with Crippen molar-refractivity contribution >= 4 is 23.8 Å². The fraction of sp³-hybridized carbons (Fsp3) is 0.451. The van der Waals surface area contributed by atoms with Crippen LogP contribution in [0.15, 0.2) is 127 Å². The molecule has 7 rings (SSSR count). The van der Waals surface area contributed by atoms with Crippen molar-refractivity contribution in [2.75, 3.05) is 6.61 Å². The molecule has 3 fully saturated rings.